The second kappa shape index (κ2) is 5.31. The van der Waals surface area contributed by atoms with Gasteiger partial charge in [-0.05, 0) is 31.4 Å². The van der Waals surface area contributed by atoms with Crippen LogP contribution in [0.25, 0.3) is 0 Å². The molecular formula is C14H17NO3. The molecule has 96 valence electrons. The molecule has 0 aromatic heterocycles. The monoisotopic (exact) mass is 247 g/mol. The molecule has 1 atom stereocenters. The van der Waals surface area contributed by atoms with Gasteiger partial charge in [0.05, 0.1) is 6.42 Å². The molecule has 0 radical (unpaired) electrons. The molecule has 0 spiro atoms. The second-order valence-corrected chi connectivity index (χ2v) is 4.62. The van der Waals surface area contributed by atoms with Gasteiger partial charge in [0, 0.05) is 18.2 Å². The van der Waals surface area contributed by atoms with Gasteiger partial charge in [0.2, 0.25) is 5.91 Å². The van der Waals surface area contributed by atoms with E-state index in [1.54, 1.807) is 6.07 Å². The molecule has 1 unspecified atom stereocenters. The number of hydrogen-bond donors (Lipinski definition) is 1. The van der Waals surface area contributed by atoms with E-state index < -0.39 is 0 Å². The SMILES string of the molecule is CC(CCCO)N1C(=O)Cc2ccccc2C1=O. The third kappa shape index (κ3) is 2.29. The van der Waals surface area contributed by atoms with Crippen LogP contribution in [0.4, 0.5) is 0 Å². The van der Waals surface area contributed by atoms with Gasteiger partial charge in [-0.1, -0.05) is 18.2 Å². The average molecular weight is 247 g/mol. The summed E-state index contributed by atoms with van der Waals surface area (Å²) in [5, 5.41) is 8.81. The van der Waals surface area contributed by atoms with Crippen LogP contribution in [-0.4, -0.2) is 34.5 Å². The van der Waals surface area contributed by atoms with Crippen LogP contribution >= 0.6 is 0 Å². The molecule has 4 heteroatoms. The predicted octanol–water partition coefficient (Wildman–Crippen LogP) is 1.37. The summed E-state index contributed by atoms with van der Waals surface area (Å²) in [6.45, 7) is 1.93. The van der Waals surface area contributed by atoms with Crippen LogP contribution < -0.4 is 0 Å². The van der Waals surface area contributed by atoms with Crippen LogP contribution in [0.2, 0.25) is 0 Å². The number of carbonyl (C=O) groups is 2. The number of amides is 2. The van der Waals surface area contributed by atoms with Gasteiger partial charge < -0.3 is 5.11 Å². The summed E-state index contributed by atoms with van der Waals surface area (Å²) in [6.07, 6.45) is 1.52. The quantitative estimate of drug-likeness (QED) is 0.818. The highest BCUT2D eigenvalue weighted by Crippen LogP contribution is 2.22. The lowest BCUT2D eigenvalue weighted by Gasteiger charge is -2.31. The number of nitrogens with zero attached hydrogens (tertiary/aromatic N) is 1. The minimum atomic E-state index is -0.215. The molecule has 18 heavy (non-hydrogen) atoms. The number of benzene rings is 1. The van der Waals surface area contributed by atoms with Crippen molar-refractivity contribution in [2.24, 2.45) is 0 Å². The number of fused-ring (bicyclic) bond motifs is 1. The largest absolute Gasteiger partial charge is 0.396 e. The van der Waals surface area contributed by atoms with Gasteiger partial charge in [-0.25, -0.2) is 0 Å². The van der Waals surface area contributed by atoms with Crippen molar-refractivity contribution in [1.82, 2.24) is 4.90 Å². The van der Waals surface area contributed by atoms with E-state index in [2.05, 4.69) is 0 Å². The van der Waals surface area contributed by atoms with Gasteiger partial charge in [0.1, 0.15) is 0 Å². The molecule has 0 aliphatic carbocycles. The van der Waals surface area contributed by atoms with Gasteiger partial charge in [-0.3, -0.25) is 14.5 Å². The van der Waals surface area contributed by atoms with Gasteiger partial charge in [-0.2, -0.15) is 0 Å². The molecule has 0 fully saturated rings. The topological polar surface area (TPSA) is 57.6 Å². The molecule has 0 bridgehead atoms. The Balaban J connectivity index is 2.24. The van der Waals surface area contributed by atoms with E-state index in [0.717, 1.165) is 5.56 Å². The van der Waals surface area contributed by atoms with Crippen LogP contribution in [0.15, 0.2) is 24.3 Å². The van der Waals surface area contributed by atoms with E-state index in [0.29, 0.717) is 18.4 Å². The van der Waals surface area contributed by atoms with Crippen molar-refractivity contribution in [2.75, 3.05) is 6.61 Å². The van der Waals surface area contributed by atoms with Crippen LogP contribution in [-0.2, 0) is 11.2 Å². The van der Waals surface area contributed by atoms with Crippen molar-refractivity contribution in [1.29, 1.82) is 0 Å². The maximum Gasteiger partial charge on any atom is 0.261 e. The normalized spacial score (nSPS) is 16.7. The van der Waals surface area contributed by atoms with Gasteiger partial charge in [0.15, 0.2) is 0 Å². The highest BCUT2D eigenvalue weighted by Gasteiger charge is 2.33. The highest BCUT2D eigenvalue weighted by molar-refractivity contribution is 6.09. The van der Waals surface area contributed by atoms with Crippen molar-refractivity contribution in [3.05, 3.63) is 35.4 Å². The third-order valence-electron chi connectivity index (χ3n) is 3.30. The zero-order chi connectivity index (χ0) is 13.1. The van der Waals surface area contributed by atoms with Crippen molar-refractivity contribution in [2.45, 2.75) is 32.2 Å². The number of hydrogen-bond acceptors (Lipinski definition) is 3. The lowest BCUT2D eigenvalue weighted by molar-refractivity contribution is -0.130. The first kappa shape index (κ1) is 12.8. The lowest BCUT2D eigenvalue weighted by Crippen LogP contribution is -2.47. The fourth-order valence-electron chi connectivity index (χ4n) is 2.34. The summed E-state index contributed by atoms with van der Waals surface area (Å²) in [4.78, 5) is 25.6. The molecule has 4 nitrogen and oxygen atoms in total. The Morgan fingerprint density at radius 1 is 1.33 bits per heavy atom. The molecule has 1 aromatic carbocycles. The van der Waals surface area contributed by atoms with Crippen molar-refractivity contribution in [3.8, 4) is 0 Å². The molecule has 2 amide bonds. The van der Waals surface area contributed by atoms with Crippen LogP contribution in [0, 0.1) is 0 Å². The minimum absolute atomic E-state index is 0.0805. The highest BCUT2D eigenvalue weighted by atomic mass is 16.3. The molecule has 0 saturated carbocycles. The van der Waals surface area contributed by atoms with E-state index in [1.807, 2.05) is 25.1 Å². The van der Waals surface area contributed by atoms with Gasteiger partial charge in [0.25, 0.3) is 5.91 Å². The smallest absolute Gasteiger partial charge is 0.261 e. The molecule has 1 aromatic rings. The Labute approximate surface area is 106 Å². The summed E-state index contributed by atoms with van der Waals surface area (Å²) in [6, 6.07) is 7.06. The predicted molar refractivity (Wildman–Crippen MR) is 67.1 cm³/mol. The van der Waals surface area contributed by atoms with E-state index in [4.69, 9.17) is 5.11 Å². The molecular weight excluding hydrogens is 230 g/mol. The van der Waals surface area contributed by atoms with E-state index in [9.17, 15) is 9.59 Å². The first-order chi connectivity index (χ1) is 8.65. The average Bonchev–Trinajstić information content (AvgIpc) is 2.36. The Morgan fingerprint density at radius 3 is 2.78 bits per heavy atom. The summed E-state index contributed by atoms with van der Waals surface area (Å²) in [5.74, 6) is -0.364. The van der Waals surface area contributed by atoms with Crippen LogP contribution in [0.1, 0.15) is 35.7 Å². The minimum Gasteiger partial charge on any atom is -0.396 e. The van der Waals surface area contributed by atoms with E-state index in [-0.39, 0.29) is 30.9 Å². The molecule has 1 aliphatic rings. The van der Waals surface area contributed by atoms with Crippen LogP contribution in [0.3, 0.4) is 0 Å². The second-order valence-electron chi connectivity index (χ2n) is 4.62. The maximum atomic E-state index is 12.3. The number of carbonyl (C=O) groups excluding carboxylic acids is 2. The maximum absolute atomic E-state index is 12.3. The molecule has 0 saturated heterocycles. The Kier molecular flexibility index (Phi) is 3.77. The van der Waals surface area contributed by atoms with Crippen molar-refractivity contribution in [3.63, 3.8) is 0 Å². The van der Waals surface area contributed by atoms with E-state index in [1.165, 1.54) is 4.90 Å². The molecule has 2 rings (SSSR count). The Morgan fingerprint density at radius 2 is 2.06 bits per heavy atom. The fourth-order valence-corrected chi connectivity index (χ4v) is 2.34. The molecule has 1 aliphatic heterocycles. The Hall–Kier alpha value is -1.68. The van der Waals surface area contributed by atoms with Crippen molar-refractivity contribution < 1.29 is 14.7 Å². The van der Waals surface area contributed by atoms with E-state index >= 15 is 0 Å². The number of aliphatic hydroxyl groups is 1. The standard InChI is InChI=1S/C14H17NO3/c1-10(5-4-8-16)15-13(17)9-11-6-2-3-7-12(11)14(15)18/h2-3,6-7,10,16H,4-5,8-9H2,1H3. The van der Waals surface area contributed by atoms with Gasteiger partial charge in [-0.15, -0.1) is 0 Å². The summed E-state index contributed by atoms with van der Waals surface area (Å²) in [5.41, 5.74) is 1.42. The first-order valence-corrected chi connectivity index (χ1v) is 6.20. The Bertz CT molecular complexity index is 470. The van der Waals surface area contributed by atoms with Crippen molar-refractivity contribution >= 4 is 11.8 Å². The zero-order valence-corrected chi connectivity index (χ0v) is 10.4. The fraction of sp³-hybridized carbons (Fsp3) is 0.429. The lowest BCUT2D eigenvalue weighted by atomic mass is 9.96. The number of imide groups is 1. The summed E-state index contributed by atoms with van der Waals surface area (Å²) >= 11 is 0. The zero-order valence-electron chi connectivity index (χ0n) is 10.4. The van der Waals surface area contributed by atoms with Gasteiger partial charge >= 0.3 is 0 Å². The summed E-state index contributed by atoms with van der Waals surface area (Å²) in [7, 11) is 0. The summed E-state index contributed by atoms with van der Waals surface area (Å²) < 4.78 is 0. The van der Waals surface area contributed by atoms with Crippen LogP contribution in [0.5, 0.6) is 0 Å². The third-order valence-corrected chi connectivity index (χ3v) is 3.30. The molecule has 1 heterocycles. The number of aliphatic hydroxyl groups excluding tert-OH is 1. The number of rotatable bonds is 4. The first-order valence-electron chi connectivity index (χ1n) is 6.20. The molecule has 1 N–H and O–H groups in total.